The van der Waals surface area contributed by atoms with Gasteiger partial charge in [0.15, 0.2) is 5.82 Å². The van der Waals surface area contributed by atoms with Gasteiger partial charge in [0.2, 0.25) is 0 Å². The monoisotopic (exact) mass is 244 g/mol. The number of nitrogens with zero attached hydrogens (tertiary/aromatic N) is 5. The van der Waals surface area contributed by atoms with E-state index in [1.165, 1.54) is 5.69 Å². The second kappa shape index (κ2) is 4.73. The summed E-state index contributed by atoms with van der Waals surface area (Å²) in [6, 6.07) is 8.38. The molecule has 0 aliphatic carbocycles. The zero-order valence-corrected chi connectivity index (χ0v) is 10.4. The van der Waals surface area contributed by atoms with Gasteiger partial charge >= 0.3 is 0 Å². The first-order valence-corrected chi connectivity index (χ1v) is 6.13. The van der Waals surface area contributed by atoms with Crippen molar-refractivity contribution >= 4 is 5.69 Å². The predicted molar refractivity (Wildman–Crippen MR) is 69.3 cm³/mol. The van der Waals surface area contributed by atoms with Crippen LogP contribution in [0.4, 0.5) is 5.69 Å². The minimum absolute atomic E-state index is 0.798. The second-order valence-electron chi connectivity index (χ2n) is 4.41. The van der Waals surface area contributed by atoms with E-state index < -0.39 is 0 Å². The first-order chi connectivity index (χ1) is 8.84. The normalized spacial score (nSPS) is 15.9. The van der Waals surface area contributed by atoms with Gasteiger partial charge in [0, 0.05) is 44.5 Å². The Morgan fingerprint density at radius 3 is 2.78 bits per heavy atom. The molecule has 0 atom stereocenters. The summed E-state index contributed by atoms with van der Waals surface area (Å²) >= 11 is 0. The molecule has 1 N–H and O–H groups in total. The summed E-state index contributed by atoms with van der Waals surface area (Å²) in [4.78, 5) is 2.38. The minimum Gasteiger partial charge on any atom is -0.369 e. The molecule has 6 heteroatoms. The van der Waals surface area contributed by atoms with Crippen LogP contribution in [0.25, 0.3) is 11.4 Å². The van der Waals surface area contributed by atoms with E-state index in [0.29, 0.717) is 0 Å². The minimum atomic E-state index is 0.798. The molecule has 0 saturated carbocycles. The fourth-order valence-electron chi connectivity index (χ4n) is 2.24. The molecule has 0 spiro atoms. The van der Waals surface area contributed by atoms with Gasteiger partial charge in [-0.15, -0.1) is 5.10 Å². The Morgan fingerprint density at radius 1 is 1.22 bits per heavy atom. The molecule has 1 aliphatic rings. The fourth-order valence-corrected chi connectivity index (χ4v) is 2.24. The van der Waals surface area contributed by atoms with Crippen LogP contribution in [0.3, 0.4) is 0 Å². The van der Waals surface area contributed by atoms with Gasteiger partial charge in [-0.2, -0.15) is 0 Å². The molecule has 1 aromatic heterocycles. The summed E-state index contributed by atoms with van der Waals surface area (Å²) in [7, 11) is 1.85. The van der Waals surface area contributed by atoms with Crippen molar-refractivity contribution in [3.63, 3.8) is 0 Å². The van der Waals surface area contributed by atoms with Crippen LogP contribution in [-0.4, -0.2) is 46.4 Å². The molecule has 1 saturated heterocycles. The summed E-state index contributed by atoms with van der Waals surface area (Å²) < 4.78 is 1.69. The molecular formula is C12H16N6. The highest BCUT2D eigenvalue weighted by atomic mass is 15.5. The number of aryl methyl sites for hydroxylation is 1. The molecule has 0 bridgehead atoms. The maximum atomic E-state index is 4.04. The van der Waals surface area contributed by atoms with Crippen molar-refractivity contribution in [1.82, 2.24) is 25.5 Å². The maximum absolute atomic E-state index is 4.04. The lowest BCUT2D eigenvalue weighted by molar-refractivity contribution is 0.589. The van der Waals surface area contributed by atoms with Crippen LogP contribution in [0.2, 0.25) is 0 Å². The Morgan fingerprint density at radius 2 is 2.06 bits per heavy atom. The Bertz CT molecular complexity index is 529. The van der Waals surface area contributed by atoms with Crippen molar-refractivity contribution in [1.29, 1.82) is 0 Å². The lowest BCUT2D eigenvalue weighted by Crippen LogP contribution is -2.43. The van der Waals surface area contributed by atoms with E-state index in [1.54, 1.807) is 4.68 Å². The number of hydrogen-bond donors (Lipinski definition) is 1. The van der Waals surface area contributed by atoms with Crippen LogP contribution in [-0.2, 0) is 7.05 Å². The molecule has 1 aromatic carbocycles. The van der Waals surface area contributed by atoms with Crippen LogP contribution >= 0.6 is 0 Å². The molecule has 1 fully saturated rings. The van der Waals surface area contributed by atoms with E-state index >= 15 is 0 Å². The molecule has 94 valence electrons. The van der Waals surface area contributed by atoms with Gasteiger partial charge in [0.05, 0.1) is 0 Å². The topological polar surface area (TPSA) is 58.9 Å². The number of piperazine rings is 1. The number of nitrogens with one attached hydrogen (secondary N) is 1. The highest BCUT2D eigenvalue weighted by Gasteiger charge is 2.12. The summed E-state index contributed by atoms with van der Waals surface area (Å²) in [5.74, 6) is 0.798. The Hall–Kier alpha value is -1.95. The number of rotatable bonds is 2. The number of benzene rings is 1. The van der Waals surface area contributed by atoms with E-state index in [1.807, 2.05) is 13.1 Å². The van der Waals surface area contributed by atoms with Crippen molar-refractivity contribution in [3.8, 4) is 11.4 Å². The fraction of sp³-hybridized carbons (Fsp3) is 0.417. The lowest BCUT2D eigenvalue weighted by Gasteiger charge is -2.29. The van der Waals surface area contributed by atoms with Crippen LogP contribution in [0.15, 0.2) is 24.3 Å². The standard InChI is InChI=1S/C12H16N6/c1-17-12(14-15-16-17)10-3-2-4-11(9-10)18-7-5-13-6-8-18/h2-4,9,13H,5-8H2,1H3. The molecule has 2 aromatic rings. The number of tetrazole rings is 1. The van der Waals surface area contributed by atoms with Crippen molar-refractivity contribution in [2.45, 2.75) is 0 Å². The maximum Gasteiger partial charge on any atom is 0.181 e. The van der Waals surface area contributed by atoms with Gasteiger partial charge in [0.25, 0.3) is 0 Å². The van der Waals surface area contributed by atoms with Crippen LogP contribution in [0.1, 0.15) is 0 Å². The van der Waals surface area contributed by atoms with Gasteiger partial charge in [-0.05, 0) is 22.6 Å². The molecule has 3 rings (SSSR count). The molecule has 0 radical (unpaired) electrons. The van der Waals surface area contributed by atoms with Crippen molar-refractivity contribution in [2.75, 3.05) is 31.1 Å². The van der Waals surface area contributed by atoms with Crippen molar-refractivity contribution in [2.24, 2.45) is 7.05 Å². The molecular weight excluding hydrogens is 228 g/mol. The van der Waals surface area contributed by atoms with Gasteiger partial charge in [-0.25, -0.2) is 4.68 Å². The van der Waals surface area contributed by atoms with Crippen molar-refractivity contribution < 1.29 is 0 Å². The van der Waals surface area contributed by atoms with Crippen LogP contribution in [0, 0.1) is 0 Å². The third-order valence-electron chi connectivity index (χ3n) is 3.21. The summed E-state index contributed by atoms with van der Waals surface area (Å²) in [6.45, 7) is 4.16. The molecule has 18 heavy (non-hydrogen) atoms. The Labute approximate surface area is 106 Å². The van der Waals surface area contributed by atoms with E-state index in [2.05, 4.69) is 43.9 Å². The van der Waals surface area contributed by atoms with E-state index in [0.717, 1.165) is 37.6 Å². The smallest absolute Gasteiger partial charge is 0.181 e. The molecule has 6 nitrogen and oxygen atoms in total. The zero-order chi connectivity index (χ0) is 12.4. The molecule has 0 amide bonds. The highest BCUT2D eigenvalue weighted by molar-refractivity contribution is 5.63. The molecule has 0 unspecified atom stereocenters. The average Bonchev–Trinajstić information content (AvgIpc) is 2.86. The van der Waals surface area contributed by atoms with E-state index in [4.69, 9.17) is 0 Å². The van der Waals surface area contributed by atoms with Gasteiger partial charge in [-0.1, -0.05) is 12.1 Å². The molecule has 1 aliphatic heterocycles. The lowest BCUT2D eigenvalue weighted by atomic mass is 10.1. The van der Waals surface area contributed by atoms with Crippen molar-refractivity contribution in [3.05, 3.63) is 24.3 Å². The molecule has 2 heterocycles. The van der Waals surface area contributed by atoms with Gasteiger partial charge in [-0.3, -0.25) is 0 Å². The number of hydrogen-bond acceptors (Lipinski definition) is 5. The summed E-state index contributed by atoms with van der Waals surface area (Å²) in [5.41, 5.74) is 2.29. The quantitative estimate of drug-likeness (QED) is 0.822. The third-order valence-corrected chi connectivity index (χ3v) is 3.21. The van der Waals surface area contributed by atoms with Gasteiger partial charge in [0.1, 0.15) is 0 Å². The Kier molecular flexibility index (Phi) is 2.93. The second-order valence-corrected chi connectivity index (χ2v) is 4.41. The van der Waals surface area contributed by atoms with Crippen LogP contribution < -0.4 is 10.2 Å². The number of aromatic nitrogens is 4. The zero-order valence-electron chi connectivity index (χ0n) is 10.4. The summed E-state index contributed by atoms with van der Waals surface area (Å²) in [5, 5.41) is 14.9. The third kappa shape index (κ3) is 2.06. The number of anilines is 1. The summed E-state index contributed by atoms with van der Waals surface area (Å²) in [6.07, 6.45) is 0. The predicted octanol–water partition coefficient (Wildman–Crippen LogP) is 0.287. The van der Waals surface area contributed by atoms with Crippen LogP contribution in [0.5, 0.6) is 0 Å². The van der Waals surface area contributed by atoms with Gasteiger partial charge < -0.3 is 10.2 Å². The SMILES string of the molecule is Cn1nnnc1-c1cccc(N2CCNCC2)c1. The first-order valence-electron chi connectivity index (χ1n) is 6.13. The average molecular weight is 244 g/mol. The van der Waals surface area contributed by atoms with E-state index in [-0.39, 0.29) is 0 Å². The first kappa shape index (κ1) is 11.2. The van der Waals surface area contributed by atoms with E-state index in [9.17, 15) is 0 Å². The highest BCUT2D eigenvalue weighted by Crippen LogP contribution is 2.22. The Balaban J connectivity index is 1.91. The largest absolute Gasteiger partial charge is 0.369 e.